The molecule has 22 heavy (non-hydrogen) atoms. The molecule has 0 amide bonds. The molecule has 0 atom stereocenters. The fraction of sp³-hybridized carbons (Fsp3) is 0.278. The molecule has 1 aromatic carbocycles. The zero-order chi connectivity index (χ0) is 14.9. The van der Waals surface area contributed by atoms with Gasteiger partial charge >= 0.3 is 0 Å². The fourth-order valence-corrected chi connectivity index (χ4v) is 3.19. The average Bonchev–Trinajstić information content (AvgIpc) is 3.03. The lowest BCUT2D eigenvalue weighted by molar-refractivity contribution is 0.647. The molecule has 4 rings (SSSR count). The number of hydrogen-bond acceptors (Lipinski definition) is 3. The Balaban J connectivity index is 1.50. The van der Waals surface area contributed by atoms with E-state index in [9.17, 15) is 0 Å². The first-order valence-electron chi connectivity index (χ1n) is 7.81. The van der Waals surface area contributed by atoms with E-state index in [1.54, 1.807) is 0 Å². The van der Waals surface area contributed by atoms with Crippen molar-refractivity contribution in [2.24, 2.45) is 0 Å². The highest BCUT2D eigenvalue weighted by molar-refractivity contribution is 5.77. The predicted molar refractivity (Wildman–Crippen MR) is 91.7 cm³/mol. The van der Waals surface area contributed by atoms with Crippen LogP contribution in [0.25, 0.3) is 11.0 Å². The number of aromatic amines is 1. The van der Waals surface area contributed by atoms with Crippen LogP contribution in [0.2, 0.25) is 0 Å². The average molecular weight is 292 g/mol. The summed E-state index contributed by atoms with van der Waals surface area (Å²) in [5.74, 6) is 1.07. The Morgan fingerprint density at radius 2 is 1.68 bits per heavy atom. The number of anilines is 2. The van der Waals surface area contributed by atoms with Crippen molar-refractivity contribution in [3.63, 3.8) is 0 Å². The van der Waals surface area contributed by atoms with Gasteiger partial charge in [0.15, 0.2) is 0 Å². The second-order valence-electron chi connectivity index (χ2n) is 5.85. The van der Waals surface area contributed by atoms with Crippen molar-refractivity contribution in [2.75, 3.05) is 36.0 Å². The van der Waals surface area contributed by atoms with E-state index in [1.165, 1.54) is 16.6 Å². The van der Waals surface area contributed by atoms with Crippen LogP contribution >= 0.6 is 0 Å². The Kier molecular flexibility index (Phi) is 3.22. The highest BCUT2D eigenvalue weighted by atomic mass is 15.3. The first-order valence-corrected chi connectivity index (χ1v) is 7.81. The van der Waals surface area contributed by atoms with Crippen LogP contribution in [-0.4, -0.2) is 36.1 Å². The van der Waals surface area contributed by atoms with Gasteiger partial charge < -0.3 is 14.8 Å². The standard InChI is InChI=1S/C18H20N4/c1-14-4-2-3-5-16(14)21-10-12-22(13-11-21)17-7-6-15-8-9-19-18(15)20-17/h2-9H,10-13H2,1H3,(H,19,20). The van der Waals surface area contributed by atoms with Gasteiger partial charge in [-0.1, -0.05) is 18.2 Å². The molecule has 4 heteroatoms. The van der Waals surface area contributed by atoms with Gasteiger partial charge in [0.1, 0.15) is 11.5 Å². The summed E-state index contributed by atoms with van der Waals surface area (Å²) >= 11 is 0. The van der Waals surface area contributed by atoms with Crippen LogP contribution < -0.4 is 9.80 Å². The number of aromatic nitrogens is 2. The minimum atomic E-state index is 0.971. The van der Waals surface area contributed by atoms with Crippen molar-refractivity contribution in [1.29, 1.82) is 0 Å². The van der Waals surface area contributed by atoms with Crippen molar-refractivity contribution < 1.29 is 0 Å². The third kappa shape index (κ3) is 2.30. The molecule has 0 aliphatic carbocycles. The minimum Gasteiger partial charge on any atom is -0.368 e. The monoisotopic (exact) mass is 292 g/mol. The van der Waals surface area contributed by atoms with E-state index >= 15 is 0 Å². The van der Waals surface area contributed by atoms with Crippen LogP contribution in [0.3, 0.4) is 0 Å². The molecule has 2 aromatic heterocycles. The summed E-state index contributed by atoms with van der Waals surface area (Å²) in [6.07, 6.45) is 1.94. The van der Waals surface area contributed by atoms with Gasteiger partial charge in [-0.05, 0) is 36.8 Å². The van der Waals surface area contributed by atoms with Crippen LogP contribution in [-0.2, 0) is 0 Å². The molecule has 3 aromatic rings. The highest BCUT2D eigenvalue weighted by Crippen LogP contribution is 2.23. The summed E-state index contributed by atoms with van der Waals surface area (Å²) in [6.45, 7) is 6.27. The lowest BCUT2D eigenvalue weighted by atomic mass is 10.1. The molecule has 1 aliphatic heterocycles. The number of hydrogen-bond donors (Lipinski definition) is 1. The molecule has 0 unspecified atom stereocenters. The quantitative estimate of drug-likeness (QED) is 0.788. The number of para-hydroxylation sites is 1. The molecule has 1 aliphatic rings. The highest BCUT2D eigenvalue weighted by Gasteiger charge is 2.19. The zero-order valence-electron chi connectivity index (χ0n) is 12.8. The second kappa shape index (κ2) is 5.37. The third-order valence-electron chi connectivity index (χ3n) is 4.45. The van der Waals surface area contributed by atoms with Crippen LogP contribution in [0, 0.1) is 6.92 Å². The Hall–Kier alpha value is -2.49. The SMILES string of the molecule is Cc1ccccc1N1CCN(c2ccc3cc[nH]c3n2)CC1. The van der Waals surface area contributed by atoms with E-state index in [2.05, 4.69) is 64.2 Å². The second-order valence-corrected chi connectivity index (χ2v) is 5.85. The van der Waals surface area contributed by atoms with Crippen LogP contribution in [0.5, 0.6) is 0 Å². The maximum atomic E-state index is 4.73. The Morgan fingerprint density at radius 1 is 0.909 bits per heavy atom. The van der Waals surface area contributed by atoms with Gasteiger partial charge in [0.25, 0.3) is 0 Å². The first kappa shape index (κ1) is 13.2. The largest absolute Gasteiger partial charge is 0.368 e. The molecule has 0 spiro atoms. The molecule has 0 radical (unpaired) electrons. The molecule has 0 bridgehead atoms. The van der Waals surface area contributed by atoms with Crippen molar-refractivity contribution in [3.05, 3.63) is 54.2 Å². The van der Waals surface area contributed by atoms with Crippen LogP contribution in [0.4, 0.5) is 11.5 Å². The molecular weight excluding hydrogens is 272 g/mol. The van der Waals surface area contributed by atoms with E-state index in [4.69, 9.17) is 4.98 Å². The molecular formula is C18H20N4. The lowest BCUT2D eigenvalue weighted by Gasteiger charge is -2.37. The van der Waals surface area contributed by atoms with Crippen molar-refractivity contribution in [1.82, 2.24) is 9.97 Å². The van der Waals surface area contributed by atoms with E-state index in [1.807, 2.05) is 6.20 Å². The van der Waals surface area contributed by atoms with Gasteiger partial charge in [-0.3, -0.25) is 0 Å². The number of rotatable bonds is 2. The Bertz CT molecular complexity index is 784. The smallest absolute Gasteiger partial charge is 0.139 e. The fourth-order valence-electron chi connectivity index (χ4n) is 3.19. The zero-order valence-corrected chi connectivity index (χ0v) is 12.8. The molecule has 1 saturated heterocycles. The third-order valence-corrected chi connectivity index (χ3v) is 4.45. The molecule has 4 nitrogen and oxygen atoms in total. The number of benzene rings is 1. The maximum Gasteiger partial charge on any atom is 0.139 e. The predicted octanol–water partition coefficient (Wildman–Crippen LogP) is 3.20. The number of piperazine rings is 1. The molecule has 112 valence electrons. The van der Waals surface area contributed by atoms with Crippen molar-refractivity contribution in [3.8, 4) is 0 Å². The van der Waals surface area contributed by atoms with Gasteiger partial charge in [0.05, 0.1) is 0 Å². The van der Waals surface area contributed by atoms with Crippen LogP contribution in [0.1, 0.15) is 5.56 Å². The van der Waals surface area contributed by atoms with Gasteiger partial charge in [-0.25, -0.2) is 4.98 Å². The number of H-pyrrole nitrogens is 1. The number of pyridine rings is 1. The van der Waals surface area contributed by atoms with Gasteiger partial charge in [0.2, 0.25) is 0 Å². The van der Waals surface area contributed by atoms with E-state index in [0.29, 0.717) is 0 Å². The number of fused-ring (bicyclic) bond motifs is 1. The van der Waals surface area contributed by atoms with E-state index in [-0.39, 0.29) is 0 Å². The summed E-state index contributed by atoms with van der Waals surface area (Å²) in [7, 11) is 0. The Morgan fingerprint density at radius 3 is 2.50 bits per heavy atom. The lowest BCUT2D eigenvalue weighted by Crippen LogP contribution is -2.47. The minimum absolute atomic E-state index is 0.971. The normalized spacial score (nSPS) is 15.5. The molecule has 3 heterocycles. The summed E-state index contributed by atoms with van der Waals surface area (Å²) in [4.78, 5) is 12.8. The maximum absolute atomic E-state index is 4.73. The van der Waals surface area contributed by atoms with Crippen LogP contribution in [0.15, 0.2) is 48.7 Å². The van der Waals surface area contributed by atoms with E-state index < -0.39 is 0 Å². The van der Waals surface area contributed by atoms with Crippen molar-refractivity contribution >= 4 is 22.5 Å². The topological polar surface area (TPSA) is 35.2 Å². The number of nitrogens with zero attached hydrogens (tertiary/aromatic N) is 3. The number of aryl methyl sites for hydroxylation is 1. The van der Waals surface area contributed by atoms with Gasteiger partial charge in [0, 0.05) is 43.4 Å². The van der Waals surface area contributed by atoms with E-state index in [0.717, 1.165) is 37.6 Å². The number of nitrogens with one attached hydrogen (secondary N) is 1. The summed E-state index contributed by atoms with van der Waals surface area (Å²) in [5, 5.41) is 1.17. The summed E-state index contributed by atoms with van der Waals surface area (Å²) < 4.78 is 0. The molecule has 1 N–H and O–H groups in total. The van der Waals surface area contributed by atoms with Crippen molar-refractivity contribution in [2.45, 2.75) is 6.92 Å². The summed E-state index contributed by atoms with van der Waals surface area (Å²) in [6, 6.07) is 14.9. The molecule has 0 saturated carbocycles. The van der Waals surface area contributed by atoms with Gasteiger partial charge in [-0.2, -0.15) is 0 Å². The first-order chi connectivity index (χ1) is 10.8. The summed E-state index contributed by atoms with van der Waals surface area (Å²) in [5.41, 5.74) is 3.68. The molecule has 1 fully saturated rings. The Labute approximate surface area is 130 Å². The van der Waals surface area contributed by atoms with Gasteiger partial charge in [-0.15, -0.1) is 0 Å².